The van der Waals surface area contributed by atoms with E-state index in [1.54, 1.807) is 31.3 Å². The van der Waals surface area contributed by atoms with Gasteiger partial charge in [0.05, 0.1) is 34.9 Å². The number of hydrogen-bond donors (Lipinski definition) is 1. The zero-order valence-electron chi connectivity index (χ0n) is 20.8. The molecule has 35 heavy (non-hydrogen) atoms. The second-order valence-corrected chi connectivity index (χ2v) is 9.61. The lowest BCUT2D eigenvalue weighted by atomic mass is 9.85. The molecule has 0 atom stereocenters. The number of rotatable bonds is 7. The third kappa shape index (κ3) is 5.73. The summed E-state index contributed by atoms with van der Waals surface area (Å²) in [6.45, 7) is 10.1. The quantitative estimate of drug-likeness (QED) is 0.315. The summed E-state index contributed by atoms with van der Waals surface area (Å²) in [6, 6.07) is 8.69. The molecule has 0 spiro atoms. The fraction of sp³-hybridized carbons (Fsp3) is 0.385. The molecule has 0 radical (unpaired) electrons. The number of carbonyl (C=O) groups excluding carboxylic acids is 3. The van der Waals surface area contributed by atoms with Crippen LogP contribution in [0, 0.1) is 0 Å². The molecule has 1 amide bonds. The summed E-state index contributed by atoms with van der Waals surface area (Å²) in [5.41, 5.74) is 3.03. The van der Waals surface area contributed by atoms with Gasteiger partial charge in [-0.1, -0.05) is 20.8 Å². The number of hydrogen-bond acceptors (Lipinski definition) is 6. The van der Waals surface area contributed by atoms with Crippen LogP contribution in [0.1, 0.15) is 72.0 Å². The molecule has 1 heterocycles. The van der Waals surface area contributed by atoms with Crippen LogP contribution in [0.15, 0.2) is 34.4 Å². The Labute approximate surface area is 214 Å². The van der Waals surface area contributed by atoms with E-state index in [1.807, 2.05) is 38.7 Å². The van der Waals surface area contributed by atoms with Crippen molar-refractivity contribution in [2.24, 2.45) is 4.02 Å². The van der Waals surface area contributed by atoms with Gasteiger partial charge in [-0.25, -0.2) is 0 Å². The highest BCUT2D eigenvalue weighted by Gasteiger charge is 2.31. The number of ether oxygens (including phenoxy) is 2. The summed E-state index contributed by atoms with van der Waals surface area (Å²) in [4.78, 5) is 39.1. The maximum Gasteiger partial charge on any atom is 0.308 e. The third-order valence-electron chi connectivity index (χ3n) is 5.66. The van der Waals surface area contributed by atoms with Crippen molar-refractivity contribution < 1.29 is 23.9 Å². The number of amides is 1. The molecule has 1 aliphatic heterocycles. The largest absolute Gasteiger partial charge is 0.493 e. The minimum absolute atomic E-state index is 0.0783. The summed E-state index contributed by atoms with van der Waals surface area (Å²) in [7, 11) is 1.56. The number of nitrogens with zero attached hydrogens (tertiary/aromatic N) is 2. The van der Waals surface area contributed by atoms with Crippen molar-refractivity contribution in [3.05, 3.63) is 58.1 Å². The molecular weight excluding hydrogens is 514 g/mol. The van der Waals surface area contributed by atoms with Gasteiger partial charge in [0.1, 0.15) is 17.3 Å². The van der Waals surface area contributed by atoms with E-state index in [-0.39, 0.29) is 23.7 Å². The standard InChI is InChI=1S/C26H30BrN3O5/c1-7-34-23-11-17-13-30(24(29-27)18(17)12-19(23)25(33)28-6)14-21(32)16-8-9-22(35-15(2)31)20(10-16)26(3,4)5/h8-12H,7,13-14H2,1-6H3,(H,28,33). The van der Waals surface area contributed by atoms with Crippen LogP contribution in [0.2, 0.25) is 0 Å². The minimum Gasteiger partial charge on any atom is -0.493 e. The van der Waals surface area contributed by atoms with E-state index in [9.17, 15) is 14.4 Å². The topological polar surface area (TPSA) is 97.3 Å². The molecule has 8 nitrogen and oxygen atoms in total. The SMILES string of the molecule is CCOc1cc2c(cc1C(=O)NC)C(=NBr)N(CC(=O)c1ccc(OC(C)=O)c(C(C)(C)C)c1)C2. The normalized spacial score (nSPS) is 14.0. The number of amidine groups is 1. The van der Waals surface area contributed by atoms with Crippen molar-refractivity contribution in [1.82, 2.24) is 10.2 Å². The molecule has 2 aromatic rings. The first-order valence-corrected chi connectivity index (χ1v) is 12.0. The Morgan fingerprint density at radius 1 is 1.14 bits per heavy atom. The highest BCUT2D eigenvalue weighted by atomic mass is 79.9. The van der Waals surface area contributed by atoms with E-state index in [4.69, 9.17) is 9.47 Å². The van der Waals surface area contributed by atoms with Gasteiger partial charge in [0.25, 0.3) is 5.91 Å². The van der Waals surface area contributed by atoms with Gasteiger partial charge in [-0.05, 0) is 48.2 Å². The van der Waals surface area contributed by atoms with Gasteiger partial charge in [0.2, 0.25) is 0 Å². The highest BCUT2D eigenvalue weighted by Crippen LogP contribution is 2.34. The number of esters is 1. The Morgan fingerprint density at radius 3 is 2.43 bits per heavy atom. The molecule has 0 aliphatic carbocycles. The number of fused-ring (bicyclic) bond motifs is 1. The Hall–Kier alpha value is -3.20. The van der Waals surface area contributed by atoms with Crippen molar-refractivity contribution in [2.45, 2.75) is 46.6 Å². The first kappa shape index (κ1) is 26.4. The third-order valence-corrected chi connectivity index (χ3v) is 5.99. The second-order valence-electron chi connectivity index (χ2n) is 9.26. The molecule has 1 aliphatic rings. The summed E-state index contributed by atoms with van der Waals surface area (Å²) in [6.07, 6.45) is 0. The number of halogens is 1. The van der Waals surface area contributed by atoms with Crippen LogP contribution >= 0.6 is 16.1 Å². The zero-order valence-corrected chi connectivity index (χ0v) is 22.4. The number of ketones is 1. The van der Waals surface area contributed by atoms with Gasteiger partial charge < -0.3 is 19.7 Å². The molecular formula is C26H30BrN3O5. The van der Waals surface area contributed by atoms with E-state index in [0.717, 1.165) is 16.7 Å². The summed E-state index contributed by atoms with van der Waals surface area (Å²) in [5.74, 6) is 0.719. The first-order chi connectivity index (χ1) is 16.5. The molecule has 1 N–H and O–H groups in total. The Morgan fingerprint density at radius 2 is 1.86 bits per heavy atom. The average molecular weight is 544 g/mol. The van der Waals surface area contributed by atoms with Crippen LogP contribution < -0.4 is 14.8 Å². The van der Waals surface area contributed by atoms with Crippen LogP contribution in [0.5, 0.6) is 11.5 Å². The zero-order chi connectivity index (χ0) is 25.9. The summed E-state index contributed by atoms with van der Waals surface area (Å²) in [5, 5.41) is 2.63. The highest BCUT2D eigenvalue weighted by molar-refractivity contribution is 9.08. The fourth-order valence-corrected chi connectivity index (χ4v) is 4.44. The van der Waals surface area contributed by atoms with Crippen molar-refractivity contribution in [3.63, 3.8) is 0 Å². The number of nitrogens with one attached hydrogen (secondary N) is 1. The van der Waals surface area contributed by atoms with Gasteiger partial charge in [0, 0.05) is 37.2 Å². The lowest BCUT2D eigenvalue weighted by Crippen LogP contribution is -2.31. The van der Waals surface area contributed by atoms with E-state index in [2.05, 4.69) is 25.5 Å². The predicted molar refractivity (Wildman–Crippen MR) is 138 cm³/mol. The van der Waals surface area contributed by atoms with E-state index in [1.165, 1.54) is 6.92 Å². The van der Waals surface area contributed by atoms with Gasteiger partial charge in [-0.2, -0.15) is 4.02 Å². The molecule has 3 rings (SSSR count). The molecule has 0 saturated carbocycles. The number of Topliss-reactive ketones (excluding diaryl/α,β-unsaturated/α-hetero) is 1. The van der Waals surface area contributed by atoms with Crippen molar-refractivity contribution >= 4 is 39.6 Å². The molecule has 0 unspecified atom stereocenters. The van der Waals surface area contributed by atoms with Crippen molar-refractivity contribution in [2.75, 3.05) is 20.2 Å². The predicted octanol–water partition coefficient (Wildman–Crippen LogP) is 4.42. The molecule has 0 fully saturated rings. The monoisotopic (exact) mass is 543 g/mol. The first-order valence-electron chi connectivity index (χ1n) is 11.3. The lowest BCUT2D eigenvalue weighted by Gasteiger charge is -2.23. The minimum atomic E-state index is -0.412. The van der Waals surface area contributed by atoms with Crippen LogP contribution in [-0.2, 0) is 16.8 Å². The van der Waals surface area contributed by atoms with Crippen LogP contribution in [0.4, 0.5) is 0 Å². The Balaban J connectivity index is 1.92. The van der Waals surface area contributed by atoms with Crippen LogP contribution in [-0.4, -0.2) is 48.6 Å². The van der Waals surface area contributed by atoms with E-state index >= 15 is 0 Å². The maximum atomic E-state index is 13.3. The lowest BCUT2D eigenvalue weighted by molar-refractivity contribution is -0.131. The van der Waals surface area contributed by atoms with E-state index in [0.29, 0.717) is 41.6 Å². The number of benzene rings is 2. The smallest absolute Gasteiger partial charge is 0.308 e. The second kappa shape index (κ2) is 10.6. The van der Waals surface area contributed by atoms with Gasteiger partial charge in [0.15, 0.2) is 5.78 Å². The molecule has 0 bridgehead atoms. The van der Waals surface area contributed by atoms with Crippen molar-refractivity contribution in [3.8, 4) is 11.5 Å². The molecule has 0 saturated heterocycles. The molecule has 2 aromatic carbocycles. The fourth-order valence-electron chi connectivity index (χ4n) is 4.03. The Bertz CT molecular complexity index is 1200. The van der Waals surface area contributed by atoms with E-state index < -0.39 is 5.97 Å². The number of carbonyl (C=O) groups is 3. The summed E-state index contributed by atoms with van der Waals surface area (Å²) >= 11 is 3.19. The van der Waals surface area contributed by atoms with Gasteiger partial charge in [-0.3, -0.25) is 14.4 Å². The maximum absolute atomic E-state index is 13.3. The summed E-state index contributed by atoms with van der Waals surface area (Å²) < 4.78 is 15.3. The van der Waals surface area contributed by atoms with Crippen molar-refractivity contribution in [1.29, 1.82) is 0 Å². The Kier molecular flexibility index (Phi) is 8.00. The molecule has 9 heteroatoms. The van der Waals surface area contributed by atoms with Crippen LogP contribution in [0.3, 0.4) is 0 Å². The van der Waals surface area contributed by atoms with Crippen LogP contribution in [0.25, 0.3) is 0 Å². The molecule has 0 aromatic heterocycles. The van der Waals surface area contributed by atoms with Gasteiger partial charge >= 0.3 is 5.97 Å². The average Bonchev–Trinajstić information content (AvgIpc) is 3.12. The molecule has 186 valence electrons. The van der Waals surface area contributed by atoms with Gasteiger partial charge in [-0.15, -0.1) is 0 Å².